The van der Waals surface area contributed by atoms with E-state index in [4.69, 9.17) is 0 Å². The number of aromatic nitrogens is 1. The summed E-state index contributed by atoms with van der Waals surface area (Å²) in [5.74, 6) is 1.37. The molecule has 1 saturated heterocycles. The monoisotopic (exact) mass is 286 g/mol. The second-order valence-corrected chi connectivity index (χ2v) is 7.11. The zero-order chi connectivity index (χ0) is 13.3. The van der Waals surface area contributed by atoms with Crippen molar-refractivity contribution in [2.24, 2.45) is 0 Å². The fraction of sp³-hybridized carbons (Fsp3) is 0.667. The van der Waals surface area contributed by atoms with Gasteiger partial charge in [0.05, 0.1) is 11.7 Å². The fourth-order valence-electron chi connectivity index (χ4n) is 1.78. The summed E-state index contributed by atoms with van der Waals surface area (Å²) in [5.41, 5.74) is -0.242. The van der Waals surface area contributed by atoms with Crippen LogP contribution in [0.3, 0.4) is 0 Å². The van der Waals surface area contributed by atoms with E-state index in [-0.39, 0.29) is 0 Å². The van der Waals surface area contributed by atoms with Crippen molar-refractivity contribution in [1.82, 2.24) is 9.88 Å². The lowest BCUT2D eigenvalue weighted by Gasteiger charge is -2.30. The fourth-order valence-corrected chi connectivity index (χ4v) is 4.26. The minimum atomic E-state index is -0.908. The van der Waals surface area contributed by atoms with Gasteiger partial charge in [0.15, 0.2) is 0 Å². The van der Waals surface area contributed by atoms with E-state index in [9.17, 15) is 9.90 Å². The smallest absolute Gasteiger partial charge is 0.315 e. The molecular formula is C12H18N2O2S2. The van der Waals surface area contributed by atoms with Crippen LogP contribution >= 0.6 is 23.1 Å². The molecule has 0 radical (unpaired) electrons. The Bertz CT molecular complexity index is 445. The number of carboxylic acid groups (broad SMARTS) is 1. The lowest BCUT2D eigenvalue weighted by molar-refractivity contribution is -0.142. The highest BCUT2D eigenvalue weighted by molar-refractivity contribution is 7.99. The average molecular weight is 286 g/mol. The van der Waals surface area contributed by atoms with Crippen LogP contribution in [-0.4, -0.2) is 46.1 Å². The first kappa shape index (κ1) is 13.8. The molecule has 0 bridgehead atoms. The van der Waals surface area contributed by atoms with Gasteiger partial charge in [-0.3, -0.25) is 9.69 Å². The van der Waals surface area contributed by atoms with E-state index in [1.165, 1.54) is 0 Å². The van der Waals surface area contributed by atoms with Crippen LogP contribution < -0.4 is 0 Å². The summed E-state index contributed by atoms with van der Waals surface area (Å²) in [7, 11) is 2.10. The first-order valence-electron chi connectivity index (χ1n) is 5.90. The predicted octanol–water partition coefficient (Wildman–Crippen LogP) is 2.22. The van der Waals surface area contributed by atoms with Crippen LogP contribution in [-0.2, 0) is 10.2 Å². The number of carboxylic acids is 1. The molecule has 1 N–H and O–H groups in total. The van der Waals surface area contributed by atoms with Crippen molar-refractivity contribution in [2.75, 3.05) is 25.1 Å². The maximum absolute atomic E-state index is 11.2. The third kappa shape index (κ3) is 2.55. The van der Waals surface area contributed by atoms with E-state index in [2.05, 4.69) is 16.9 Å². The zero-order valence-corrected chi connectivity index (χ0v) is 12.5. The maximum atomic E-state index is 11.2. The van der Waals surface area contributed by atoms with Crippen molar-refractivity contribution in [2.45, 2.75) is 25.3 Å². The Balaban J connectivity index is 2.22. The summed E-state index contributed by atoms with van der Waals surface area (Å²) in [5, 5.41) is 12.1. The predicted molar refractivity (Wildman–Crippen MR) is 75.5 cm³/mol. The molecule has 6 heteroatoms. The van der Waals surface area contributed by atoms with Gasteiger partial charge in [0.1, 0.15) is 10.4 Å². The van der Waals surface area contributed by atoms with Crippen molar-refractivity contribution in [3.63, 3.8) is 0 Å². The number of rotatable bonds is 3. The first-order valence-corrected chi connectivity index (χ1v) is 7.93. The lowest BCUT2D eigenvalue weighted by atomic mass is 9.90. The second-order valence-electron chi connectivity index (χ2n) is 5.07. The van der Waals surface area contributed by atoms with Gasteiger partial charge >= 0.3 is 5.97 Å². The molecule has 2 rings (SSSR count). The van der Waals surface area contributed by atoms with Crippen LogP contribution in [0.4, 0.5) is 0 Å². The summed E-state index contributed by atoms with van der Waals surface area (Å²) >= 11 is 3.51. The third-order valence-corrected chi connectivity index (χ3v) is 5.35. The Morgan fingerprint density at radius 3 is 2.94 bits per heavy atom. The minimum absolute atomic E-state index is 0.326. The zero-order valence-electron chi connectivity index (χ0n) is 10.8. The molecule has 2 heterocycles. The molecule has 0 aromatic carbocycles. The number of thiazole rings is 1. The van der Waals surface area contributed by atoms with Crippen molar-refractivity contribution in [3.05, 3.63) is 16.1 Å². The van der Waals surface area contributed by atoms with E-state index in [0.29, 0.717) is 11.7 Å². The highest BCUT2D eigenvalue weighted by atomic mass is 32.2. The standard InChI is InChI=1S/C12H18N2O2S2/c1-12(2,11(15)16)9-7-18-10(13-9)8-6-17-5-4-14(8)3/h7-8H,4-6H2,1-3H3,(H,15,16). The van der Waals surface area contributed by atoms with Crippen LogP contribution in [0.1, 0.15) is 30.6 Å². The number of hydrogen-bond acceptors (Lipinski definition) is 5. The molecule has 100 valence electrons. The SMILES string of the molecule is CN1CCSCC1c1nc(C(C)(C)C(=O)O)cs1. The highest BCUT2D eigenvalue weighted by Crippen LogP contribution is 2.33. The minimum Gasteiger partial charge on any atom is -0.481 e. The van der Waals surface area contributed by atoms with Gasteiger partial charge in [0, 0.05) is 23.4 Å². The van der Waals surface area contributed by atoms with E-state index in [1.54, 1.807) is 25.2 Å². The molecule has 1 aromatic heterocycles. The van der Waals surface area contributed by atoms with E-state index in [0.717, 1.165) is 23.1 Å². The lowest BCUT2D eigenvalue weighted by Crippen LogP contribution is -2.33. The quantitative estimate of drug-likeness (QED) is 0.923. The van der Waals surface area contributed by atoms with Gasteiger partial charge in [-0.2, -0.15) is 11.8 Å². The summed E-state index contributed by atoms with van der Waals surface area (Å²) in [6.45, 7) is 4.47. The molecule has 1 fully saturated rings. The molecule has 4 nitrogen and oxygen atoms in total. The Kier molecular flexibility index (Phi) is 3.99. The van der Waals surface area contributed by atoms with E-state index < -0.39 is 11.4 Å². The Labute approximate surface area is 115 Å². The summed E-state index contributed by atoms with van der Waals surface area (Å²) in [6.07, 6.45) is 0. The van der Waals surface area contributed by atoms with Crippen molar-refractivity contribution >= 4 is 29.1 Å². The van der Waals surface area contributed by atoms with Crippen LogP contribution in [0, 0.1) is 0 Å². The van der Waals surface area contributed by atoms with Crippen molar-refractivity contribution in [3.8, 4) is 0 Å². The average Bonchev–Trinajstić information content (AvgIpc) is 2.79. The molecule has 0 aliphatic carbocycles. The molecule has 0 saturated carbocycles. The van der Waals surface area contributed by atoms with Gasteiger partial charge in [0.2, 0.25) is 0 Å². The molecule has 18 heavy (non-hydrogen) atoms. The molecule has 1 aliphatic heterocycles. The number of aliphatic carboxylic acids is 1. The van der Waals surface area contributed by atoms with Gasteiger partial charge in [-0.25, -0.2) is 4.98 Å². The van der Waals surface area contributed by atoms with Gasteiger partial charge in [0.25, 0.3) is 0 Å². The molecule has 1 atom stereocenters. The molecule has 1 aromatic rings. The van der Waals surface area contributed by atoms with Crippen molar-refractivity contribution in [1.29, 1.82) is 0 Å². The van der Waals surface area contributed by atoms with Crippen LogP contribution in [0.25, 0.3) is 0 Å². The van der Waals surface area contributed by atoms with Gasteiger partial charge in [-0.1, -0.05) is 0 Å². The summed E-state index contributed by atoms with van der Waals surface area (Å²) in [6, 6.07) is 0.326. The maximum Gasteiger partial charge on any atom is 0.315 e. The van der Waals surface area contributed by atoms with Gasteiger partial charge in [-0.05, 0) is 20.9 Å². The summed E-state index contributed by atoms with van der Waals surface area (Å²) in [4.78, 5) is 18.1. The molecule has 0 amide bonds. The number of carbonyl (C=O) groups is 1. The first-order chi connectivity index (χ1) is 8.43. The normalized spacial score (nSPS) is 22.1. The van der Waals surface area contributed by atoms with E-state index in [1.807, 2.05) is 17.1 Å². The van der Waals surface area contributed by atoms with Crippen LogP contribution in [0.5, 0.6) is 0 Å². The van der Waals surface area contributed by atoms with Gasteiger partial charge in [-0.15, -0.1) is 11.3 Å². The highest BCUT2D eigenvalue weighted by Gasteiger charge is 2.33. The van der Waals surface area contributed by atoms with E-state index >= 15 is 0 Å². The molecule has 1 aliphatic rings. The van der Waals surface area contributed by atoms with Crippen molar-refractivity contribution < 1.29 is 9.90 Å². The topological polar surface area (TPSA) is 53.4 Å². The van der Waals surface area contributed by atoms with Gasteiger partial charge < -0.3 is 5.11 Å². The van der Waals surface area contributed by atoms with Crippen LogP contribution in [0.15, 0.2) is 5.38 Å². The largest absolute Gasteiger partial charge is 0.481 e. The van der Waals surface area contributed by atoms with Crippen LogP contribution in [0.2, 0.25) is 0 Å². The number of nitrogens with zero attached hydrogens (tertiary/aromatic N) is 2. The Morgan fingerprint density at radius 1 is 1.61 bits per heavy atom. The molecular weight excluding hydrogens is 268 g/mol. The Hall–Kier alpha value is -0.590. The summed E-state index contributed by atoms with van der Waals surface area (Å²) < 4.78 is 0. The number of thioether (sulfide) groups is 1. The second kappa shape index (κ2) is 5.19. The molecule has 1 unspecified atom stereocenters. The number of hydrogen-bond donors (Lipinski definition) is 1. The molecule has 0 spiro atoms. The third-order valence-electron chi connectivity index (χ3n) is 3.38. The Morgan fingerprint density at radius 2 is 2.33 bits per heavy atom.